The van der Waals surface area contributed by atoms with Gasteiger partial charge in [-0.15, -0.1) is 0 Å². The van der Waals surface area contributed by atoms with Gasteiger partial charge in [-0.25, -0.2) is 13.8 Å². The van der Waals surface area contributed by atoms with E-state index in [4.69, 9.17) is 11.5 Å². The van der Waals surface area contributed by atoms with Gasteiger partial charge in [0.05, 0.1) is 11.0 Å². The quantitative estimate of drug-likeness (QED) is 0.368. The van der Waals surface area contributed by atoms with Crippen LogP contribution in [0.1, 0.15) is 23.5 Å². The normalized spacial score (nSPS) is 12.1. The number of nitrogens with one attached hydrogen (secondary N) is 1. The molecule has 0 aliphatic carbocycles. The van der Waals surface area contributed by atoms with E-state index >= 15 is 0 Å². The second-order valence-corrected chi connectivity index (χ2v) is 8.30. The summed E-state index contributed by atoms with van der Waals surface area (Å²) in [6, 6.07) is 15.9. The van der Waals surface area contributed by atoms with Crippen LogP contribution in [-0.4, -0.2) is 34.6 Å². The van der Waals surface area contributed by atoms with Gasteiger partial charge in [-0.05, 0) is 78.0 Å². The lowest BCUT2D eigenvalue weighted by Gasteiger charge is -2.12. The van der Waals surface area contributed by atoms with Gasteiger partial charge in [-0.1, -0.05) is 24.3 Å². The van der Waals surface area contributed by atoms with Crippen molar-refractivity contribution < 1.29 is 13.6 Å². The van der Waals surface area contributed by atoms with Crippen LogP contribution in [0.3, 0.4) is 0 Å². The number of aromatic nitrogens is 2. The number of hydrogen-bond acceptors (Lipinski definition) is 4. The van der Waals surface area contributed by atoms with Crippen molar-refractivity contribution in [1.29, 1.82) is 0 Å². The van der Waals surface area contributed by atoms with Gasteiger partial charge in [0.2, 0.25) is 0 Å². The number of aryl methyl sites for hydroxylation is 1. The van der Waals surface area contributed by atoms with Crippen LogP contribution in [0.25, 0.3) is 33.3 Å². The third kappa shape index (κ3) is 4.98. The molecule has 0 fully saturated rings. The van der Waals surface area contributed by atoms with Gasteiger partial charge in [0, 0.05) is 19.6 Å². The molecule has 0 saturated carbocycles. The largest absolute Gasteiger partial charge is 0.348 e. The van der Waals surface area contributed by atoms with Crippen molar-refractivity contribution in [2.24, 2.45) is 18.5 Å². The number of hydrogen-bond donors (Lipinski definition) is 3. The van der Waals surface area contributed by atoms with E-state index in [-0.39, 0.29) is 29.4 Å². The third-order valence-electron chi connectivity index (χ3n) is 5.84. The van der Waals surface area contributed by atoms with Crippen molar-refractivity contribution in [3.05, 3.63) is 78.1 Å². The van der Waals surface area contributed by atoms with Crippen molar-refractivity contribution in [2.45, 2.75) is 18.9 Å². The molecule has 1 amide bonds. The molecule has 1 atom stereocenters. The second-order valence-electron chi connectivity index (χ2n) is 8.30. The molecule has 176 valence electrons. The number of amides is 1. The summed E-state index contributed by atoms with van der Waals surface area (Å²) in [6.07, 6.45) is 1.52. The molecule has 0 radical (unpaired) electrons. The Balaban J connectivity index is 1.75. The maximum atomic E-state index is 13.6. The average Bonchev–Trinajstić information content (AvgIpc) is 3.17. The van der Waals surface area contributed by atoms with Crippen LogP contribution in [-0.2, 0) is 7.05 Å². The fourth-order valence-corrected chi connectivity index (χ4v) is 3.96. The first-order valence-corrected chi connectivity index (χ1v) is 11.1. The van der Waals surface area contributed by atoms with Crippen LogP contribution >= 0.6 is 0 Å². The SMILES string of the molecule is Cn1c(C(=O)NC[C@@H](N)CCCN)nc2cc(-c3ccc(F)cc3)c(-c3ccc(F)cc3)cc21. The topological polar surface area (TPSA) is 99.0 Å². The molecule has 1 aromatic heterocycles. The molecular formula is C26H27F2N5O. The molecule has 0 saturated heterocycles. The maximum absolute atomic E-state index is 13.6. The summed E-state index contributed by atoms with van der Waals surface area (Å²) in [5.41, 5.74) is 16.1. The molecular weight excluding hydrogens is 436 g/mol. The predicted molar refractivity (Wildman–Crippen MR) is 130 cm³/mol. The number of carbonyl (C=O) groups excluding carboxylic acids is 1. The fraction of sp³-hybridized carbons (Fsp3) is 0.231. The molecule has 6 nitrogen and oxygen atoms in total. The first kappa shape index (κ1) is 23.5. The van der Waals surface area contributed by atoms with E-state index in [0.717, 1.165) is 40.6 Å². The van der Waals surface area contributed by atoms with Gasteiger partial charge in [0.15, 0.2) is 5.82 Å². The molecule has 4 rings (SSSR count). The zero-order chi connectivity index (χ0) is 24.2. The first-order chi connectivity index (χ1) is 16.4. The summed E-state index contributed by atoms with van der Waals surface area (Å²) >= 11 is 0. The number of rotatable bonds is 8. The Morgan fingerprint density at radius 2 is 1.56 bits per heavy atom. The number of nitrogens with two attached hydrogens (primary N) is 2. The molecule has 0 aliphatic heterocycles. The van der Waals surface area contributed by atoms with E-state index in [1.54, 1.807) is 35.9 Å². The zero-order valence-corrected chi connectivity index (χ0v) is 18.9. The fourth-order valence-electron chi connectivity index (χ4n) is 3.96. The molecule has 4 aromatic rings. The predicted octanol–water partition coefficient (Wildman–Crippen LogP) is 3.98. The number of benzene rings is 3. The Bertz CT molecular complexity index is 1300. The first-order valence-electron chi connectivity index (χ1n) is 11.1. The minimum absolute atomic E-state index is 0.183. The standard InChI is InChI=1S/C26H27F2N5O/c1-33-24-14-22(17-6-10-19(28)11-7-17)21(16-4-8-18(27)9-5-16)13-23(24)32-25(33)26(34)31-15-20(30)3-2-12-29/h4-11,13-14,20H,2-3,12,15,29-30H2,1H3,(H,31,34)/t20-/m0/s1. The van der Waals surface area contributed by atoms with Crippen LogP contribution in [0, 0.1) is 11.6 Å². The van der Waals surface area contributed by atoms with E-state index in [1.165, 1.54) is 24.3 Å². The Morgan fingerprint density at radius 1 is 1.00 bits per heavy atom. The Kier molecular flexibility index (Phi) is 7.00. The van der Waals surface area contributed by atoms with Crippen LogP contribution in [0.15, 0.2) is 60.7 Å². The molecule has 3 aromatic carbocycles. The third-order valence-corrected chi connectivity index (χ3v) is 5.84. The summed E-state index contributed by atoms with van der Waals surface area (Å²) in [6.45, 7) is 0.878. The zero-order valence-electron chi connectivity index (χ0n) is 18.9. The van der Waals surface area contributed by atoms with Gasteiger partial charge in [0.1, 0.15) is 11.6 Å². The molecule has 1 heterocycles. The highest BCUT2D eigenvalue weighted by Gasteiger charge is 2.19. The van der Waals surface area contributed by atoms with Crippen LogP contribution in [0.2, 0.25) is 0 Å². The van der Waals surface area contributed by atoms with Gasteiger partial charge in [-0.2, -0.15) is 0 Å². The summed E-state index contributed by atoms with van der Waals surface area (Å²) < 4.78 is 28.8. The molecule has 0 unspecified atom stereocenters. The Labute approximate surface area is 196 Å². The molecule has 0 spiro atoms. The van der Waals surface area contributed by atoms with Crippen molar-refractivity contribution in [2.75, 3.05) is 13.1 Å². The van der Waals surface area contributed by atoms with E-state index in [2.05, 4.69) is 10.3 Å². The minimum atomic E-state index is -0.338. The smallest absolute Gasteiger partial charge is 0.287 e. The summed E-state index contributed by atoms with van der Waals surface area (Å²) in [5.74, 6) is -0.747. The minimum Gasteiger partial charge on any atom is -0.348 e. The lowest BCUT2D eigenvalue weighted by Crippen LogP contribution is -2.38. The maximum Gasteiger partial charge on any atom is 0.287 e. The number of imidazole rings is 1. The Morgan fingerprint density at radius 3 is 2.12 bits per heavy atom. The summed E-state index contributed by atoms with van der Waals surface area (Å²) in [5, 5.41) is 2.84. The lowest BCUT2D eigenvalue weighted by atomic mass is 9.94. The van der Waals surface area contributed by atoms with E-state index in [9.17, 15) is 13.6 Å². The lowest BCUT2D eigenvalue weighted by molar-refractivity contribution is 0.0937. The van der Waals surface area contributed by atoms with Crippen molar-refractivity contribution in [3.63, 3.8) is 0 Å². The van der Waals surface area contributed by atoms with E-state index in [1.807, 2.05) is 12.1 Å². The van der Waals surface area contributed by atoms with Crippen molar-refractivity contribution in [1.82, 2.24) is 14.9 Å². The van der Waals surface area contributed by atoms with Crippen molar-refractivity contribution >= 4 is 16.9 Å². The van der Waals surface area contributed by atoms with Crippen LogP contribution in [0.4, 0.5) is 8.78 Å². The number of nitrogens with zero attached hydrogens (tertiary/aromatic N) is 2. The Hall–Kier alpha value is -3.62. The van der Waals surface area contributed by atoms with E-state index < -0.39 is 0 Å². The number of halogens is 2. The number of fused-ring (bicyclic) bond motifs is 1. The van der Waals surface area contributed by atoms with Crippen molar-refractivity contribution in [3.8, 4) is 22.3 Å². The van der Waals surface area contributed by atoms with Gasteiger partial charge in [-0.3, -0.25) is 4.79 Å². The molecule has 8 heteroatoms. The highest BCUT2D eigenvalue weighted by atomic mass is 19.1. The average molecular weight is 464 g/mol. The summed E-state index contributed by atoms with van der Waals surface area (Å²) in [7, 11) is 1.77. The van der Waals surface area contributed by atoms with E-state index in [0.29, 0.717) is 18.6 Å². The molecule has 5 N–H and O–H groups in total. The monoisotopic (exact) mass is 463 g/mol. The van der Waals surface area contributed by atoms with Gasteiger partial charge < -0.3 is 21.4 Å². The number of carbonyl (C=O) groups is 1. The van der Waals surface area contributed by atoms with Gasteiger partial charge >= 0.3 is 0 Å². The molecule has 0 bridgehead atoms. The van der Waals surface area contributed by atoms with Crippen LogP contribution < -0.4 is 16.8 Å². The van der Waals surface area contributed by atoms with Gasteiger partial charge in [0.25, 0.3) is 5.91 Å². The second kappa shape index (κ2) is 10.1. The highest BCUT2D eigenvalue weighted by molar-refractivity contribution is 5.98. The molecule has 34 heavy (non-hydrogen) atoms. The molecule has 0 aliphatic rings. The highest BCUT2D eigenvalue weighted by Crippen LogP contribution is 2.36. The van der Waals surface area contributed by atoms with Crippen LogP contribution in [0.5, 0.6) is 0 Å². The summed E-state index contributed by atoms with van der Waals surface area (Å²) in [4.78, 5) is 17.4.